The number of para-hydroxylation sites is 1. The molecule has 0 saturated heterocycles. The van der Waals surface area contributed by atoms with Crippen LogP contribution in [0.3, 0.4) is 0 Å². The number of halogens is 1. The number of nitro groups is 1. The number of fused-ring (bicyclic) bond motifs is 2. The van der Waals surface area contributed by atoms with E-state index in [1.165, 1.54) is 16.8 Å². The molecule has 9 heteroatoms. The lowest BCUT2D eigenvalue weighted by Crippen LogP contribution is -2.23. The van der Waals surface area contributed by atoms with Crippen LogP contribution in [0.2, 0.25) is 0 Å². The largest absolute Gasteiger partial charge is 0.342 e. The second-order valence-corrected chi connectivity index (χ2v) is 9.87. The standard InChI is InChI=1S/C28H24BrN5O3/c1-3-18(2)27-31-25-13-10-21(29)14-24(25)28(35)33(27)30-15-20-17-32(26-7-5-4-6-23(20)26)16-19-8-11-22(12-9-19)34(36)37/h4-15,17-18H,3,16H2,1-2H3/t18-/m0/s1. The zero-order chi connectivity index (χ0) is 26.1. The summed E-state index contributed by atoms with van der Waals surface area (Å²) in [5.41, 5.74) is 3.29. The zero-order valence-corrected chi connectivity index (χ0v) is 21.9. The van der Waals surface area contributed by atoms with Crippen LogP contribution in [0.1, 0.15) is 43.1 Å². The molecule has 0 N–H and O–H groups in total. The number of hydrogen-bond donors (Lipinski definition) is 0. The van der Waals surface area contributed by atoms with Gasteiger partial charge in [0, 0.05) is 51.7 Å². The Balaban J connectivity index is 1.58. The van der Waals surface area contributed by atoms with E-state index in [9.17, 15) is 14.9 Å². The molecule has 0 fully saturated rings. The van der Waals surface area contributed by atoms with E-state index < -0.39 is 4.92 Å². The third kappa shape index (κ3) is 4.82. The molecular formula is C28H24BrN5O3. The molecule has 0 bridgehead atoms. The fourth-order valence-corrected chi connectivity index (χ4v) is 4.69. The molecule has 8 nitrogen and oxygen atoms in total. The van der Waals surface area contributed by atoms with Crippen LogP contribution in [-0.4, -0.2) is 25.4 Å². The first-order valence-electron chi connectivity index (χ1n) is 11.9. The second kappa shape index (κ2) is 10.1. The average molecular weight is 558 g/mol. The van der Waals surface area contributed by atoms with Crippen molar-refractivity contribution < 1.29 is 4.92 Å². The van der Waals surface area contributed by atoms with Crippen molar-refractivity contribution >= 4 is 49.6 Å². The molecular weight excluding hydrogens is 534 g/mol. The van der Waals surface area contributed by atoms with Gasteiger partial charge in [-0.3, -0.25) is 14.9 Å². The van der Waals surface area contributed by atoms with Gasteiger partial charge >= 0.3 is 0 Å². The Morgan fingerprint density at radius 3 is 2.59 bits per heavy atom. The molecule has 2 aromatic heterocycles. The minimum Gasteiger partial charge on any atom is -0.342 e. The number of benzene rings is 3. The van der Waals surface area contributed by atoms with E-state index in [-0.39, 0.29) is 17.2 Å². The van der Waals surface area contributed by atoms with E-state index in [0.717, 1.165) is 32.9 Å². The molecule has 3 aromatic carbocycles. The average Bonchev–Trinajstić information content (AvgIpc) is 3.25. The van der Waals surface area contributed by atoms with Crippen molar-refractivity contribution in [2.75, 3.05) is 0 Å². The van der Waals surface area contributed by atoms with Crippen LogP contribution in [0.25, 0.3) is 21.8 Å². The van der Waals surface area contributed by atoms with Gasteiger partial charge in [-0.1, -0.05) is 60.1 Å². The van der Waals surface area contributed by atoms with Crippen LogP contribution in [0, 0.1) is 10.1 Å². The summed E-state index contributed by atoms with van der Waals surface area (Å²) in [6.45, 7) is 4.63. The molecule has 1 atom stereocenters. The lowest BCUT2D eigenvalue weighted by Gasteiger charge is -2.13. The van der Waals surface area contributed by atoms with E-state index >= 15 is 0 Å². The van der Waals surface area contributed by atoms with Crippen molar-refractivity contribution in [3.63, 3.8) is 0 Å². The van der Waals surface area contributed by atoms with Crippen molar-refractivity contribution in [3.8, 4) is 0 Å². The number of nitrogens with zero attached hydrogens (tertiary/aromatic N) is 5. The summed E-state index contributed by atoms with van der Waals surface area (Å²) in [6.07, 6.45) is 4.50. The van der Waals surface area contributed by atoms with Gasteiger partial charge in [0.25, 0.3) is 11.2 Å². The number of nitro benzene ring substituents is 1. The molecule has 0 saturated carbocycles. The van der Waals surface area contributed by atoms with Crippen LogP contribution in [-0.2, 0) is 6.54 Å². The minimum atomic E-state index is -0.403. The van der Waals surface area contributed by atoms with Crippen LogP contribution in [0.4, 0.5) is 5.69 Å². The number of aromatic nitrogens is 3. The maximum Gasteiger partial charge on any atom is 0.282 e. The highest BCUT2D eigenvalue weighted by Crippen LogP contribution is 2.24. The molecule has 0 aliphatic heterocycles. The highest BCUT2D eigenvalue weighted by molar-refractivity contribution is 9.10. The van der Waals surface area contributed by atoms with Crippen LogP contribution in [0.15, 0.2) is 87.3 Å². The Labute approximate surface area is 221 Å². The zero-order valence-electron chi connectivity index (χ0n) is 20.3. The lowest BCUT2D eigenvalue weighted by molar-refractivity contribution is -0.384. The predicted octanol–water partition coefficient (Wildman–Crippen LogP) is 6.47. The molecule has 0 amide bonds. The number of non-ortho nitro benzene ring substituents is 1. The van der Waals surface area contributed by atoms with Crippen molar-refractivity contribution in [2.24, 2.45) is 5.10 Å². The number of hydrogen-bond acceptors (Lipinski definition) is 5. The first-order chi connectivity index (χ1) is 17.9. The Kier molecular flexibility index (Phi) is 6.71. The predicted molar refractivity (Wildman–Crippen MR) is 150 cm³/mol. The topological polar surface area (TPSA) is 95.3 Å². The summed E-state index contributed by atoms with van der Waals surface area (Å²) >= 11 is 3.45. The molecule has 5 aromatic rings. The van der Waals surface area contributed by atoms with E-state index in [1.807, 2.05) is 49.5 Å². The lowest BCUT2D eigenvalue weighted by atomic mass is 10.1. The number of rotatable bonds is 7. The molecule has 0 spiro atoms. The summed E-state index contributed by atoms with van der Waals surface area (Å²) in [4.78, 5) is 28.8. The van der Waals surface area contributed by atoms with Crippen molar-refractivity contribution in [2.45, 2.75) is 32.7 Å². The summed E-state index contributed by atoms with van der Waals surface area (Å²) in [7, 11) is 0. The van der Waals surface area contributed by atoms with Crippen molar-refractivity contribution in [3.05, 3.63) is 115 Å². The van der Waals surface area contributed by atoms with Gasteiger partial charge in [-0.25, -0.2) is 4.98 Å². The van der Waals surface area contributed by atoms with Crippen LogP contribution < -0.4 is 5.56 Å². The van der Waals surface area contributed by atoms with Crippen molar-refractivity contribution in [1.82, 2.24) is 14.2 Å². The molecule has 0 aliphatic rings. The molecule has 37 heavy (non-hydrogen) atoms. The molecule has 186 valence electrons. The third-order valence-corrected chi connectivity index (χ3v) is 7.01. The molecule has 5 rings (SSSR count). The highest BCUT2D eigenvalue weighted by Gasteiger charge is 2.16. The van der Waals surface area contributed by atoms with Gasteiger partial charge in [0.05, 0.1) is 22.0 Å². The second-order valence-electron chi connectivity index (χ2n) is 8.96. The van der Waals surface area contributed by atoms with Gasteiger partial charge in [0.2, 0.25) is 0 Å². The Bertz CT molecular complexity index is 1720. The Hall–Kier alpha value is -4.11. The normalized spacial score (nSPS) is 12.5. The fraction of sp³-hybridized carbons (Fsp3) is 0.179. The Morgan fingerprint density at radius 2 is 1.86 bits per heavy atom. The first kappa shape index (κ1) is 24.6. The van der Waals surface area contributed by atoms with E-state index in [4.69, 9.17) is 4.98 Å². The van der Waals surface area contributed by atoms with Gasteiger partial charge < -0.3 is 4.57 Å². The van der Waals surface area contributed by atoms with E-state index in [0.29, 0.717) is 23.3 Å². The maximum absolute atomic E-state index is 13.5. The SMILES string of the molecule is CC[C@H](C)c1nc2ccc(Br)cc2c(=O)n1N=Cc1cn(Cc2ccc([N+](=O)[O-])cc2)c2ccccc12. The molecule has 2 heterocycles. The first-order valence-corrected chi connectivity index (χ1v) is 12.7. The van der Waals surface area contributed by atoms with Crippen molar-refractivity contribution in [1.29, 1.82) is 0 Å². The smallest absolute Gasteiger partial charge is 0.282 e. The third-order valence-electron chi connectivity index (χ3n) is 6.52. The van der Waals surface area contributed by atoms with E-state index in [1.54, 1.807) is 24.4 Å². The summed E-state index contributed by atoms with van der Waals surface area (Å²) < 4.78 is 4.29. The van der Waals surface area contributed by atoms with Crippen LogP contribution >= 0.6 is 15.9 Å². The van der Waals surface area contributed by atoms with Gasteiger partial charge in [0.1, 0.15) is 5.82 Å². The monoisotopic (exact) mass is 557 g/mol. The van der Waals surface area contributed by atoms with Gasteiger partial charge in [-0.2, -0.15) is 9.78 Å². The maximum atomic E-state index is 13.5. The molecule has 0 aliphatic carbocycles. The van der Waals surface area contributed by atoms with Gasteiger partial charge in [0.15, 0.2) is 0 Å². The quantitative estimate of drug-likeness (QED) is 0.130. The highest BCUT2D eigenvalue weighted by atomic mass is 79.9. The summed E-state index contributed by atoms with van der Waals surface area (Å²) in [6, 6.07) is 20.0. The van der Waals surface area contributed by atoms with Crippen LogP contribution in [0.5, 0.6) is 0 Å². The minimum absolute atomic E-state index is 0.0429. The molecule has 0 unspecified atom stereocenters. The Morgan fingerprint density at radius 1 is 1.11 bits per heavy atom. The van der Waals surface area contributed by atoms with E-state index in [2.05, 4.69) is 32.5 Å². The summed E-state index contributed by atoms with van der Waals surface area (Å²) in [5, 5.41) is 17.1. The molecule has 0 radical (unpaired) electrons. The van der Waals surface area contributed by atoms with Gasteiger partial charge in [-0.05, 0) is 36.2 Å². The summed E-state index contributed by atoms with van der Waals surface area (Å²) in [5.74, 6) is 0.662. The fourth-order valence-electron chi connectivity index (χ4n) is 4.33. The van der Waals surface area contributed by atoms with Gasteiger partial charge in [-0.15, -0.1) is 0 Å².